The summed E-state index contributed by atoms with van der Waals surface area (Å²) in [6.45, 7) is 0.306. The lowest BCUT2D eigenvalue weighted by Gasteiger charge is -2.15. The molecule has 0 amide bonds. The van der Waals surface area contributed by atoms with E-state index in [1.807, 2.05) is 66.7 Å². The van der Waals surface area contributed by atoms with E-state index in [4.69, 9.17) is 9.47 Å². The normalized spacial score (nSPS) is 11.0. The summed E-state index contributed by atoms with van der Waals surface area (Å²) in [5, 5.41) is 5.91. The highest BCUT2D eigenvalue weighted by molar-refractivity contribution is 7.99. The van der Waals surface area contributed by atoms with Gasteiger partial charge in [0.15, 0.2) is 17.1 Å². The number of fused-ring (bicyclic) bond motifs is 3. The first-order chi connectivity index (χ1) is 15.7. The molecule has 0 bridgehead atoms. The van der Waals surface area contributed by atoms with Gasteiger partial charge in [-0.15, -0.1) is 0 Å². The molecule has 0 saturated heterocycles. The summed E-state index contributed by atoms with van der Waals surface area (Å²) >= 11 is 1.65. The third-order valence-corrected chi connectivity index (χ3v) is 6.03. The van der Waals surface area contributed by atoms with E-state index in [9.17, 15) is 4.79 Å². The van der Waals surface area contributed by atoms with Gasteiger partial charge in [0.25, 0.3) is 0 Å². The van der Waals surface area contributed by atoms with E-state index in [1.54, 1.807) is 11.8 Å². The number of aromatic nitrogens is 3. The number of hydrogen-bond acceptors (Lipinski definition) is 6. The average Bonchev–Trinajstić information content (AvgIpc) is 3.33. The lowest BCUT2D eigenvalue weighted by Crippen LogP contribution is -2.13. The number of esters is 1. The number of pyridine rings is 1. The van der Waals surface area contributed by atoms with Crippen LogP contribution in [0.1, 0.15) is 16.1 Å². The maximum absolute atomic E-state index is 12.7. The van der Waals surface area contributed by atoms with Gasteiger partial charge in [0.1, 0.15) is 12.9 Å². The first kappa shape index (κ1) is 20.1. The fourth-order valence-corrected chi connectivity index (χ4v) is 4.44. The number of methoxy groups -OCH3 is 1. The minimum atomic E-state index is -0.534. The standard InChI is InChI=1S/C25H19N3O3S/c1-30-25(29)22-23(31-15-17-8-4-2-5-9-17)20-13-12-19(32-18-10-6-3-7-11-18)14-21(20)24-26-16-27-28(22)24/h2-14,16H,15H2,1H3. The number of rotatable bonds is 6. The summed E-state index contributed by atoms with van der Waals surface area (Å²) in [4.78, 5) is 19.3. The number of ether oxygens (including phenoxy) is 2. The summed E-state index contributed by atoms with van der Waals surface area (Å²) in [6.07, 6.45) is 1.43. The van der Waals surface area contributed by atoms with E-state index in [-0.39, 0.29) is 5.69 Å². The van der Waals surface area contributed by atoms with Crippen LogP contribution in [0.5, 0.6) is 5.75 Å². The third kappa shape index (κ3) is 3.78. The predicted octanol–water partition coefficient (Wildman–Crippen LogP) is 5.40. The molecular weight excluding hydrogens is 422 g/mol. The van der Waals surface area contributed by atoms with E-state index in [0.29, 0.717) is 18.0 Å². The second-order valence-corrected chi connectivity index (χ2v) is 8.21. The first-order valence-electron chi connectivity index (χ1n) is 10.0. The van der Waals surface area contributed by atoms with Crippen LogP contribution in [-0.4, -0.2) is 27.7 Å². The molecule has 2 heterocycles. The number of nitrogens with zero attached hydrogens (tertiary/aromatic N) is 3. The van der Waals surface area contributed by atoms with Crippen molar-refractivity contribution in [3.05, 3.63) is 96.4 Å². The van der Waals surface area contributed by atoms with Crippen molar-refractivity contribution in [2.45, 2.75) is 16.4 Å². The second kappa shape index (κ2) is 8.72. The van der Waals surface area contributed by atoms with Crippen LogP contribution in [0.4, 0.5) is 0 Å². The molecule has 2 aromatic heterocycles. The maximum atomic E-state index is 12.7. The Kier molecular flexibility index (Phi) is 5.47. The molecular formula is C25H19N3O3S. The molecule has 0 aliphatic rings. The van der Waals surface area contributed by atoms with Crippen LogP contribution < -0.4 is 4.74 Å². The Morgan fingerprint density at radius 2 is 1.69 bits per heavy atom. The van der Waals surface area contributed by atoms with Gasteiger partial charge in [0, 0.05) is 20.6 Å². The van der Waals surface area contributed by atoms with Crippen molar-refractivity contribution in [2.75, 3.05) is 7.11 Å². The molecule has 0 fully saturated rings. The van der Waals surface area contributed by atoms with Crippen molar-refractivity contribution in [3.63, 3.8) is 0 Å². The summed E-state index contributed by atoms with van der Waals surface area (Å²) in [5.74, 6) is -0.113. The van der Waals surface area contributed by atoms with Gasteiger partial charge in [-0.3, -0.25) is 0 Å². The van der Waals surface area contributed by atoms with Gasteiger partial charge in [-0.05, 0) is 35.9 Å². The van der Waals surface area contributed by atoms with Crippen molar-refractivity contribution < 1.29 is 14.3 Å². The molecule has 32 heavy (non-hydrogen) atoms. The smallest absolute Gasteiger partial charge is 0.360 e. The molecule has 0 spiro atoms. The highest BCUT2D eigenvalue weighted by atomic mass is 32.2. The van der Waals surface area contributed by atoms with E-state index < -0.39 is 5.97 Å². The number of carbonyl (C=O) groups excluding carboxylic acids is 1. The van der Waals surface area contributed by atoms with Crippen molar-refractivity contribution in [1.82, 2.24) is 14.6 Å². The fourth-order valence-electron chi connectivity index (χ4n) is 3.56. The first-order valence-corrected chi connectivity index (χ1v) is 10.8. The van der Waals surface area contributed by atoms with Gasteiger partial charge in [-0.2, -0.15) is 5.10 Å². The Morgan fingerprint density at radius 3 is 2.44 bits per heavy atom. The third-order valence-electron chi connectivity index (χ3n) is 5.03. The Morgan fingerprint density at radius 1 is 0.938 bits per heavy atom. The minimum absolute atomic E-state index is 0.215. The monoisotopic (exact) mass is 441 g/mol. The molecule has 6 nitrogen and oxygen atoms in total. The molecule has 0 N–H and O–H groups in total. The maximum Gasteiger partial charge on any atom is 0.360 e. The summed E-state index contributed by atoms with van der Waals surface area (Å²) in [7, 11) is 1.34. The zero-order valence-electron chi connectivity index (χ0n) is 17.3. The SMILES string of the molecule is COC(=O)c1c(OCc2ccccc2)c2ccc(Sc3ccccc3)cc2c2ncnn12. The Balaban J connectivity index is 1.66. The van der Waals surface area contributed by atoms with E-state index >= 15 is 0 Å². The molecule has 3 aromatic carbocycles. The quantitative estimate of drug-likeness (QED) is 0.329. The van der Waals surface area contributed by atoms with Gasteiger partial charge >= 0.3 is 5.97 Å². The molecule has 0 unspecified atom stereocenters. The lowest BCUT2D eigenvalue weighted by molar-refractivity contribution is 0.0585. The van der Waals surface area contributed by atoms with Crippen molar-refractivity contribution in [3.8, 4) is 5.75 Å². The summed E-state index contributed by atoms with van der Waals surface area (Å²) in [5.41, 5.74) is 1.78. The van der Waals surface area contributed by atoms with E-state index in [2.05, 4.69) is 22.2 Å². The largest absolute Gasteiger partial charge is 0.486 e. The van der Waals surface area contributed by atoms with Gasteiger partial charge < -0.3 is 9.47 Å². The predicted molar refractivity (Wildman–Crippen MR) is 123 cm³/mol. The van der Waals surface area contributed by atoms with E-state index in [0.717, 1.165) is 26.1 Å². The van der Waals surface area contributed by atoms with E-state index in [1.165, 1.54) is 18.0 Å². The van der Waals surface area contributed by atoms with Crippen molar-refractivity contribution >= 4 is 34.2 Å². The van der Waals surface area contributed by atoms with Crippen LogP contribution in [0, 0.1) is 0 Å². The average molecular weight is 442 g/mol. The Hall–Kier alpha value is -3.84. The highest BCUT2D eigenvalue weighted by Crippen LogP contribution is 2.37. The Bertz CT molecular complexity index is 1400. The molecule has 0 aliphatic heterocycles. The second-order valence-electron chi connectivity index (χ2n) is 7.06. The molecule has 158 valence electrons. The molecule has 7 heteroatoms. The topological polar surface area (TPSA) is 65.7 Å². The van der Waals surface area contributed by atoms with Crippen LogP contribution in [-0.2, 0) is 11.3 Å². The highest BCUT2D eigenvalue weighted by Gasteiger charge is 2.24. The summed E-state index contributed by atoms with van der Waals surface area (Å²) in [6, 6.07) is 26.0. The zero-order chi connectivity index (χ0) is 21.9. The summed E-state index contributed by atoms with van der Waals surface area (Å²) < 4.78 is 12.7. The van der Waals surface area contributed by atoms with Crippen LogP contribution in [0.2, 0.25) is 0 Å². The molecule has 0 atom stereocenters. The number of hydrogen-bond donors (Lipinski definition) is 0. The number of carbonyl (C=O) groups is 1. The molecule has 0 aliphatic carbocycles. The molecule has 5 rings (SSSR count). The lowest BCUT2D eigenvalue weighted by atomic mass is 10.1. The number of benzene rings is 3. The van der Waals surface area contributed by atoms with Gasteiger partial charge in [0.2, 0.25) is 0 Å². The van der Waals surface area contributed by atoms with Crippen LogP contribution in [0.15, 0.2) is 95.0 Å². The Labute approximate surface area is 188 Å². The van der Waals surface area contributed by atoms with Crippen LogP contribution in [0.3, 0.4) is 0 Å². The van der Waals surface area contributed by atoms with Crippen LogP contribution >= 0.6 is 11.8 Å². The van der Waals surface area contributed by atoms with Gasteiger partial charge in [-0.25, -0.2) is 14.3 Å². The molecule has 0 radical (unpaired) electrons. The fraction of sp³-hybridized carbons (Fsp3) is 0.0800. The van der Waals surface area contributed by atoms with Crippen LogP contribution in [0.25, 0.3) is 16.4 Å². The van der Waals surface area contributed by atoms with Gasteiger partial charge in [-0.1, -0.05) is 60.3 Å². The van der Waals surface area contributed by atoms with Crippen molar-refractivity contribution in [2.24, 2.45) is 0 Å². The molecule has 5 aromatic rings. The van der Waals surface area contributed by atoms with Crippen molar-refractivity contribution in [1.29, 1.82) is 0 Å². The minimum Gasteiger partial charge on any atom is -0.486 e. The molecule has 0 saturated carbocycles. The van der Waals surface area contributed by atoms with Gasteiger partial charge in [0.05, 0.1) is 7.11 Å². The zero-order valence-corrected chi connectivity index (χ0v) is 18.1.